The van der Waals surface area contributed by atoms with Gasteiger partial charge in [0.05, 0.1) is 11.7 Å². The van der Waals surface area contributed by atoms with E-state index in [4.69, 9.17) is 4.74 Å². The molecule has 18 heavy (non-hydrogen) atoms. The number of likely N-dealkylation sites (tertiary alicyclic amines) is 1. The largest absolute Gasteiger partial charge is 0.393 e. The Morgan fingerprint density at radius 2 is 1.67 bits per heavy atom. The number of hydrogen-bond acceptors (Lipinski definition) is 3. The Morgan fingerprint density at radius 3 is 2.17 bits per heavy atom. The lowest BCUT2D eigenvalue weighted by atomic mass is 9.94. The number of aliphatic hydroxyl groups is 1. The average molecular weight is 257 g/mol. The first-order valence-corrected chi connectivity index (χ1v) is 7.70. The molecule has 0 aromatic heterocycles. The van der Waals surface area contributed by atoms with Crippen LogP contribution in [0.1, 0.15) is 59.3 Å². The smallest absolute Gasteiger partial charge is 0.0674 e. The second-order valence-corrected chi connectivity index (χ2v) is 5.52. The summed E-state index contributed by atoms with van der Waals surface area (Å²) in [6, 6.07) is 0. The van der Waals surface area contributed by atoms with Gasteiger partial charge < -0.3 is 14.7 Å². The summed E-state index contributed by atoms with van der Waals surface area (Å²) in [5, 5.41) is 9.45. The predicted octanol–water partition coefficient (Wildman–Crippen LogP) is 2.82. The maximum absolute atomic E-state index is 9.45. The maximum atomic E-state index is 9.45. The number of aliphatic hydroxyl groups excluding tert-OH is 1. The first-order valence-electron chi connectivity index (χ1n) is 7.70. The fourth-order valence-electron chi connectivity index (χ4n) is 2.78. The Hall–Kier alpha value is -0.120. The molecule has 3 nitrogen and oxygen atoms in total. The van der Waals surface area contributed by atoms with Crippen LogP contribution in [0.5, 0.6) is 0 Å². The van der Waals surface area contributed by atoms with E-state index >= 15 is 0 Å². The van der Waals surface area contributed by atoms with Crippen molar-refractivity contribution < 1.29 is 9.84 Å². The molecular formula is C15H31NO2. The Balaban J connectivity index is 2.14. The van der Waals surface area contributed by atoms with E-state index in [0.29, 0.717) is 0 Å². The summed E-state index contributed by atoms with van der Waals surface area (Å²) >= 11 is 0. The lowest BCUT2D eigenvalue weighted by molar-refractivity contribution is -0.0574. The summed E-state index contributed by atoms with van der Waals surface area (Å²) in [7, 11) is 0. The SMILES string of the molecule is CCC(CC)(CC)OCCCN1CCC(O)CC1. The number of nitrogens with zero attached hydrogens (tertiary/aromatic N) is 1. The van der Waals surface area contributed by atoms with Crippen LogP contribution in [0.3, 0.4) is 0 Å². The van der Waals surface area contributed by atoms with Crippen LogP contribution in [-0.4, -0.2) is 48.0 Å². The Bertz CT molecular complexity index is 200. The fourth-order valence-corrected chi connectivity index (χ4v) is 2.78. The highest BCUT2D eigenvalue weighted by molar-refractivity contribution is 4.76. The van der Waals surface area contributed by atoms with Crippen molar-refractivity contribution in [2.75, 3.05) is 26.2 Å². The third kappa shape index (κ3) is 4.87. The van der Waals surface area contributed by atoms with Gasteiger partial charge in [-0.05, 0) is 38.5 Å². The minimum absolute atomic E-state index is 0.0644. The molecule has 3 heteroatoms. The number of ether oxygens (including phenoxy) is 1. The zero-order valence-electron chi connectivity index (χ0n) is 12.5. The molecule has 0 unspecified atom stereocenters. The van der Waals surface area contributed by atoms with Gasteiger partial charge in [0.15, 0.2) is 0 Å². The fraction of sp³-hybridized carbons (Fsp3) is 1.00. The minimum Gasteiger partial charge on any atom is -0.393 e. The highest BCUT2D eigenvalue weighted by Gasteiger charge is 2.24. The molecule has 1 fully saturated rings. The van der Waals surface area contributed by atoms with Crippen molar-refractivity contribution >= 4 is 0 Å². The molecule has 1 saturated heterocycles. The van der Waals surface area contributed by atoms with Crippen molar-refractivity contribution in [1.29, 1.82) is 0 Å². The van der Waals surface area contributed by atoms with E-state index < -0.39 is 0 Å². The van der Waals surface area contributed by atoms with Crippen LogP contribution in [0, 0.1) is 0 Å². The van der Waals surface area contributed by atoms with Gasteiger partial charge in [-0.15, -0.1) is 0 Å². The van der Waals surface area contributed by atoms with Crippen molar-refractivity contribution in [1.82, 2.24) is 4.90 Å². The van der Waals surface area contributed by atoms with Gasteiger partial charge in [-0.25, -0.2) is 0 Å². The zero-order valence-corrected chi connectivity index (χ0v) is 12.5. The molecule has 0 amide bonds. The van der Waals surface area contributed by atoms with Crippen LogP contribution in [0.4, 0.5) is 0 Å². The topological polar surface area (TPSA) is 32.7 Å². The van der Waals surface area contributed by atoms with E-state index in [1.54, 1.807) is 0 Å². The Morgan fingerprint density at radius 1 is 1.11 bits per heavy atom. The third-order valence-electron chi connectivity index (χ3n) is 4.52. The average Bonchev–Trinajstić information content (AvgIpc) is 2.42. The monoisotopic (exact) mass is 257 g/mol. The molecule has 1 aliphatic heterocycles. The molecule has 108 valence electrons. The van der Waals surface area contributed by atoms with Gasteiger partial charge in [-0.3, -0.25) is 0 Å². The highest BCUT2D eigenvalue weighted by Crippen LogP contribution is 2.24. The second-order valence-electron chi connectivity index (χ2n) is 5.52. The maximum Gasteiger partial charge on any atom is 0.0674 e. The molecule has 0 spiro atoms. The normalized spacial score (nSPS) is 19.3. The molecule has 0 saturated carbocycles. The molecule has 0 aromatic carbocycles. The van der Waals surface area contributed by atoms with Crippen molar-refractivity contribution in [3.63, 3.8) is 0 Å². The standard InChI is InChI=1S/C15H31NO2/c1-4-15(5-2,6-3)18-13-7-10-16-11-8-14(17)9-12-16/h14,17H,4-13H2,1-3H3. The molecule has 0 atom stereocenters. The number of piperidine rings is 1. The second kappa shape index (κ2) is 8.13. The van der Waals surface area contributed by atoms with Gasteiger partial charge in [0.25, 0.3) is 0 Å². The van der Waals surface area contributed by atoms with Gasteiger partial charge in [0, 0.05) is 26.2 Å². The van der Waals surface area contributed by atoms with Crippen LogP contribution in [0.25, 0.3) is 0 Å². The third-order valence-corrected chi connectivity index (χ3v) is 4.52. The quantitative estimate of drug-likeness (QED) is 0.679. The molecule has 1 aliphatic rings. The summed E-state index contributed by atoms with van der Waals surface area (Å²) in [5.41, 5.74) is 0.109. The summed E-state index contributed by atoms with van der Waals surface area (Å²) < 4.78 is 6.11. The first-order chi connectivity index (χ1) is 8.65. The van der Waals surface area contributed by atoms with E-state index in [0.717, 1.165) is 64.8 Å². The summed E-state index contributed by atoms with van der Waals surface area (Å²) in [4.78, 5) is 2.45. The minimum atomic E-state index is -0.0644. The van der Waals surface area contributed by atoms with Crippen LogP contribution < -0.4 is 0 Å². The zero-order chi connectivity index (χ0) is 13.4. The van der Waals surface area contributed by atoms with Gasteiger partial charge >= 0.3 is 0 Å². The van der Waals surface area contributed by atoms with Crippen LogP contribution >= 0.6 is 0 Å². The van der Waals surface area contributed by atoms with Crippen LogP contribution in [0.2, 0.25) is 0 Å². The van der Waals surface area contributed by atoms with E-state index in [9.17, 15) is 5.11 Å². The van der Waals surface area contributed by atoms with Gasteiger partial charge in [-0.1, -0.05) is 20.8 Å². The van der Waals surface area contributed by atoms with Crippen molar-refractivity contribution in [2.45, 2.75) is 71.0 Å². The molecule has 1 N–H and O–H groups in total. The van der Waals surface area contributed by atoms with E-state index in [1.807, 2.05) is 0 Å². The van der Waals surface area contributed by atoms with Crippen LogP contribution in [0.15, 0.2) is 0 Å². The molecule has 0 bridgehead atoms. The van der Waals surface area contributed by atoms with Crippen LogP contribution in [-0.2, 0) is 4.74 Å². The number of rotatable bonds is 8. The lowest BCUT2D eigenvalue weighted by Crippen LogP contribution is -2.37. The molecule has 0 radical (unpaired) electrons. The Kier molecular flexibility index (Phi) is 7.20. The molecule has 0 aliphatic carbocycles. The predicted molar refractivity (Wildman–Crippen MR) is 75.9 cm³/mol. The van der Waals surface area contributed by atoms with Crippen molar-refractivity contribution in [3.8, 4) is 0 Å². The van der Waals surface area contributed by atoms with Crippen molar-refractivity contribution in [3.05, 3.63) is 0 Å². The highest BCUT2D eigenvalue weighted by atomic mass is 16.5. The summed E-state index contributed by atoms with van der Waals surface area (Å²) in [6.07, 6.45) is 6.23. The molecule has 0 aromatic rings. The van der Waals surface area contributed by atoms with E-state index in [-0.39, 0.29) is 11.7 Å². The first kappa shape index (κ1) is 15.9. The summed E-state index contributed by atoms with van der Waals surface area (Å²) in [6.45, 7) is 10.7. The van der Waals surface area contributed by atoms with Gasteiger partial charge in [0.2, 0.25) is 0 Å². The van der Waals surface area contributed by atoms with Crippen molar-refractivity contribution in [2.24, 2.45) is 0 Å². The molecule has 1 heterocycles. The molecule has 1 rings (SSSR count). The lowest BCUT2D eigenvalue weighted by Gasteiger charge is -2.32. The van der Waals surface area contributed by atoms with Gasteiger partial charge in [-0.2, -0.15) is 0 Å². The Labute approximate surface area is 113 Å². The van der Waals surface area contributed by atoms with E-state index in [2.05, 4.69) is 25.7 Å². The van der Waals surface area contributed by atoms with Gasteiger partial charge in [0.1, 0.15) is 0 Å². The summed E-state index contributed by atoms with van der Waals surface area (Å²) in [5.74, 6) is 0. The van der Waals surface area contributed by atoms with E-state index in [1.165, 1.54) is 0 Å². The molecular weight excluding hydrogens is 226 g/mol. The number of hydrogen-bond donors (Lipinski definition) is 1.